The number of para-hydroxylation sites is 1. The summed E-state index contributed by atoms with van der Waals surface area (Å²) < 4.78 is 30.2. The number of anilines is 1. The summed E-state index contributed by atoms with van der Waals surface area (Å²) in [6.07, 6.45) is 3.23. The first-order valence-corrected chi connectivity index (χ1v) is 7.76. The van der Waals surface area contributed by atoms with Gasteiger partial charge in [-0.3, -0.25) is 14.9 Å². The number of aryl methyl sites for hydroxylation is 1. The first-order chi connectivity index (χ1) is 12.0. The summed E-state index contributed by atoms with van der Waals surface area (Å²) in [5, 5.41) is 8.15. The molecular weight excluding hydrogens is 352 g/mol. The molecule has 0 aliphatic carbocycles. The van der Waals surface area contributed by atoms with E-state index in [0.717, 1.165) is 12.1 Å². The average Bonchev–Trinajstić information content (AvgIpc) is 3.16. The van der Waals surface area contributed by atoms with Crippen molar-refractivity contribution in [2.75, 3.05) is 11.6 Å². The number of hydrogen-bond acceptors (Lipinski definition) is 4. The fourth-order valence-corrected chi connectivity index (χ4v) is 3.14. The van der Waals surface area contributed by atoms with Gasteiger partial charge in [-0.25, -0.2) is 13.8 Å². The van der Waals surface area contributed by atoms with Crippen LogP contribution < -0.4 is 15.8 Å². The second-order valence-electron chi connectivity index (χ2n) is 5.61. The zero-order valence-electron chi connectivity index (χ0n) is 13.0. The van der Waals surface area contributed by atoms with Gasteiger partial charge in [0, 0.05) is 18.8 Å². The van der Waals surface area contributed by atoms with Crippen molar-refractivity contribution < 1.29 is 13.6 Å². The van der Waals surface area contributed by atoms with Crippen LogP contribution in [0.25, 0.3) is 5.70 Å². The molecule has 0 fully saturated rings. The molecule has 1 amide bonds. The number of nitrogens with zero attached hydrogens (tertiary/aromatic N) is 3. The van der Waals surface area contributed by atoms with Gasteiger partial charge in [-0.1, -0.05) is 17.7 Å². The minimum Gasteiger partial charge on any atom is -0.347 e. The van der Waals surface area contributed by atoms with Gasteiger partial charge in [0.05, 0.1) is 34.7 Å². The first kappa shape index (κ1) is 15.6. The molecule has 4 rings (SSSR count). The SMILES string of the molecule is Cn1cc(C2=C3C(=O)NCC(Cl)=C3N(c3c(F)cccc3F)N2)cn1. The number of carbonyl (C=O) groups is 1. The smallest absolute Gasteiger partial charge is 0.256 e. The van der Waals surface area contributed by atoms with Gasteiger partial charge in [0.15, 0.2) is 11.6 Å². The Labute approximate surface area is 146 Å². The maximum Gasteiger partial charge on any atom is 0.256 e. The Morgan fingerprint density at radius 2 is 2.00 bits per heavy atom. The van der Waals surface area contributed by atoms with E-state index >= 15 is 0 Å². The highest BCUT2D eigenvalue weighted by Gasteiger charge is 2.39. The fraction of sp³-hybridized carbons (Fsp3) is 0.125. The predicted octanol–water partition coefficient (Wildman–Crippen LogP) is 2.01. The molecule has 9 heteroatoms. The van der Waals surface area contributed by atoms with Crippen molar-refractivity contribution in [3.63, 3.8) is 0 Å². The largest absolute Gasteiger partial charge is 0.347 e. The molecule has 1 aromatic heterocycles. The predicted molar refractivity (Wildman–Crippen MR) is 88.0 cm³/mol. The molecule has 6 nitrogen and oxygen atoms in total. The second kappa shape index (κ2) is 5.59. The van der Waals surface area contributed by atoms with Crippen molar-refractivity contribution in [2.45, 2.75) is 0 Å². The van der Waals surface area contributed by atoms with Gasteiger partial charge in [0.2, 0.25) is 0 Å². The molecule has 0 bridgehead atoms. The van der Waals surface area contributed by atoms with E-state index in [1.54, 1.807) is 24.1 Å². The van der Waals surface area contributed by atoms with E-state index in [4.69, 9.17) is 11.6 Å². The number of rotatable bonds is 2. The third-order valence-electron chi connectivity index (χ3n) is 3.98. The summed E-state index contributed by atoms with van der Waals surface area (Å²) in [4.78, 5) is 12.4. The van der Waals surface area contributed by atoms with Crippen LogP contribution in [0.4, 0.5) is 14.5 Å². The number of benzene rings is 1. The van der Waals surface area contributed by atoms with Crippen LogP contribution in [0.15, 0.2) is 46.9 Å². The lowest BCUT2D eigenvalue weighted by Crippen LogP contribution is -2.37. The van der Waals surface area contributed by atoms with Gasteiger partial charge in [0.25, 0.3) is 5.91 Å². The summed E-state index contributed by atoms with van der Waals surface area (Å²) in [5.74, 6) is -1.94. The van der Waals surface area contributed by atoms with Gasteiger partial charge >= 0.3 is 0 Å². The maximum absolute atomic E-state index is 14.3. The van der Waals surface area contributed by atoms with Gasteiger partial charge in [-0.05, 0) is 12.1 Å². The summed E-state index contributed by atoms with van der Waals surface area (Å²) >= 11 is 6.27. The van der Waals surface area contributed by atoms with E-state index in [2.05, 4.69) is 15.8 Å². The van der Waals surface area contributed by atoms with Crippen LogP contribution >= 0.6 is 11.6 Å². The van der Waals surface area contributed by atoms with Crippen molar-refractivity contribution >= 4 is 28.9 Å². The van der Waals surface area contributed by atoms with Crippen molar-refractivity contribution in [3.8, 4) is 0 Å². The highest BCUT2D eigenvalue weighted by molar-refractivity contribution is 6.32. The molecule has 0 saturated heterocycles. The Morgan fingerprint density at radius 1 is 1.28 bits per heavy atom. The Bertz CT molecular complexity index is 945. The number of nitrogens with one attached hydrogen (secondary N) is 2. The highest BCUT2D eigenvalue weighted by atomic mass is 35.5. The molecule has 0 radical (unpaired) electrons. The van der Waals surface area contributed by atoms with E-state index in [1.807, 2.05) is 0 Å². The Balaban J connectivity index is 1.93. The van der Waals surface area contributed by atoms with Crippen LogP contribution in [0.3, 0.4) is 0 Å². The Morgan fingerprint density at radius 3 is 2.64 bits per heavy atom. The molecule has 0 unspecified atom stereocenters. The molecule has 2 aliphatic rings. The van der Waals surface area contributed by atoms with Crippen LogP contribution in [0.5, 0.6) is 0 Å². The number of amides is 1. The molecule has 0 saturated carbocycles. The average molecular weight is 364 g/mol. The maximum atomic E-state index is 14.3. The van der Waals surface area contributed by atoms with Crippen LogP contribution in [0.2, 0.25) is 0 Å². The zero-order valence-corrected chi connectivity index (χ0v) is 13.7. The van der Waals surface area contributed by atoms with E-state index in [9.17, 15) is 13.6 Å². The molecular formula is C16H12ClF2N5O. The lowest BCUT2D eigenvalue weighted by Gasteiger charge is -2.26. The van der Waals surface area contributed by atoms with Crippen molar-refractivity contribution in [2.24, 2.45) is 7.05 Å². The highest BCUT2D eigenvalue weighted by Crippen LogP contribution is 2.40. The number of hydrogen-bond donors (Lipinski definition) is 2. The number of halogens is 3. The minimum absolute atomic E-state index is 0.0772. The molecule has 2 aromatic rings. The van der Waals surface area contributed by atoms with E-state index in [0.29, 0.717) is 11.3 Å². The van der Waals surface area contributed by atoms with Gasteiger partial charge in [-0.15, -0.1) is 0 Å². The van der Waals surface area contributed by atoms with E-state index in [-0.39, 0.29) is 34.4 Å². The number of aromatic nitrogens is 2. The van der Waals surface area contributed by atoms with Gasteiger partial charge in [-0.2, -0.15) is 5.10 Å². The van der Waals surface area contributed by atoms with Crippen molar-refractivity contribution in [1.82, 2.24) is 20.5 Å². The van der Waals surface area contributed by atoms with E-state index < -0.39 is 11.6 Å². The number of hydrazine groups is 1. The van der Waals surface area contributed by atoms with E-state index in [1.165, 1.54) is 11.1 Å². The molecule has 3 heterocycles. The standard InChI is InChI=1S/C16H12ClF2N5O/c1-23-7-8(5-21-23)13-12-14(9(17)6-20-16(12)25)24(22-13)15-10(18)3-2-4-11(15)19/h2-5,7,22H,6H2,1H3,(H,20,25). The first-order valence-electron chi connectivity index (χ1n) is 7.38. The molecule has 2 N–H and O–H groups in total. The van der Waals surface area contributed by atoms with Gasteiger partial charge < -0.3 is 5.32 Å². The van der Waals surface area contributed by atoms with Crippen LogP contribution in [-0.4, -0.2) is 22.2 Å². The number of fused-ring (bicyclic) bond motifs is 1. The normalized spacial score (nSPS) is 17.0. The lowest BCUT2D eigenvalue weighted by atomic mass is 10.0. The van der Waals surface area contributed by atoms with Crippen molar-refractivity contribution in [1.29, 1.82) is 0 Å². The molecule has 1 aromatic carbocycles. The molecule has 2 aliphatic heterocycles. The third-order valence-corrected chi connectivity index (χ3v) is 4.29. The zero-order chi connectivity index (χ0) is 17.7. The van der Waals surface area contributed by atoms with Gasteiger partial charge in [0.1, 0.15) is 5.69 Å². The monoisotopic (exact) mass is 363 g/mol. The fourth-order valence-electron chi connectivity index (χ4n) is 2.89. The Kier molecular flexibility index (Phi) is 3.50. The summed E-state index contributed by atoms with van der Waals surface area (Å²) in [6, 6.07) is 3.54. The second-order valence-corrected chi connectivity index (χ2v) is 6.06. The lowest BCUT2D eigenvalue weighted by molar-refractivity contribution is -0.117. The number of carbonyl (C=O) groups excluding carboxylic acids is 1. The van der Waals surface area contributed by atoms with Crippen LogP contribution in [0.1, 0.15) is 5.56 Å². The van der Waals surface area contributed by atoms with Crippen LogP contribution in [0, 0.1) is 11.6 Å². The van der Waals surface area contributed by atoms with Crippen LogP contribution in [-0.2, 0) is 11.8 Å². The molecule has 25 heavy (non-hydrogen) atoms. The molecule has 128 valence electrons. The summed E-state index contributed by atoms with van der Waals surface area (Å²) in [5.41, 5.74) is 3.98. The molecule has 0 spiro atoms. The minimum atomic E-state index is -0.776. The summed E-state index contributed by atoms with van der Waals surface area (Å²) in [7, 11) is 1.72. The summed E-state index contributed by atoms with van der Waals surface area (Å²) in [6.45, 7) is 0.0772. The quantitative estimate of drug-likeness (QED) is 0.857. The molecule has 0 atom stereocenters. The third kappa shape index (κ3) is 2.37. The Hall–Kier alpha value is -2.87. The topological polar surface area (TPSA) is 62.2 Å². The van der Waals surface area contributed by atoms with Crippen molar-refractivity contribution in [3.05, 3.63) is 64.1 Å².